The van der Waals surface area contributed by atoms with Gasteiger partial charge in [0, 0.05) is 19.3 Å². The van der Waals surface area contributed by atoms with Gasteiger partial charge < -0.3 is 9.32 Å². The SMILES string of the molecule is N#CC1(c2ccccn2)CCN(C(=O)c2ccoc2Cl)CC1. The number of carbonyl (C=O) groups is 1. The van der Waals surface area contributed by atoms with Crippen LogP contribution >= 0.6 is 11.6 Å². The Morgan fingerprint density at radius 1 is 1.36 bits per heavy atom. The van der Waals surface area contributed by atoms with Crippen LogP contribution in [0.25, 0.3) is 0 Å². The Labute approximate surface area is 133 Å². The number of furan rings is 1. The van der Waals surface area contributed by atoms with Crippen LogP contribution in [0.4, 0.5) is 0 Å². The molecular formula is C16H14ClN3O2. The average molecular weight is 316 g/mol. The third-order valence-electron chi connectivity index (χ3n) is 4.12. The molecule has 0 spiro atoms. The standard InChI is InChI=1S/C16H14ClN3O2/c17-14-12(4-10-22-14)15(21)20-8-5-16(11-18,6-9-20)13-3-1-2-7-19-13/h1-4,7,10H,5-6,8-9H2. The van der Waals surface area contributed by atoms with Crippen LogP contribution < -0.4 is 0 Å². The van der Waals surface area contributed by atoms with Crippen LogP contribution in [0.15, 0.2) is 41.1 Å². The highest BCUT2D eigenvalue weighted by Crippen LogP contribution is 2.34. The summed E-state index contributed by atoms with van der Waals surface area (Å²) in [6, 6.07) is 9.53. The van der Waals surface area contributed by atoms with E-state index >= 15 is 0 Å². The van der Waals surface area contributed by atoms with Crippen molar-refractivity contribution in [2.24, 2.45) is 0 Å². The molecule has 22 heavy (non-hydrogen) atoms. The van der Waals surface area contributed by atoms with Crippen molar-refractivity contribution in [3.63, 3.8) is 0 Å². The number of hydrogen-bond acceptors (Lipinski definition) is 4. The number of rotatable bonds is 2. The molecule has 1 saturated heterocycles. The molecule has 1 aliphatic rings. The third-order valence-corrected chi connectivity index (χ3v) is 4.41. The van der Waals surface area contributed by atoms with Gasteiger partial charge in [-0.25, -0.2) is 0 Å². The largest absolute Gasteiger partial charge is 0.452 e. The molecule has 0 bridgehead atoms. The van der Waals surface area contributed by atoms with Crippen LogP contribution in [0.1, 0.15) is 28.9 Å². The lowest BCUT2D eigenvalue weighted by Crippen LogP contribution is -2.45. The molecule has 3 rings (SSSR count). The zero-order valence-corrected chi connectivity index (χ0v) is 12.6. The van der Waals surface area contributed by atoms with Gasteiger partial charge in [0.25, 0.3) is 5.91 Å². The maximum atomic E-state index is 12.4. The molecule has 0 saturated carbocycles. The third kappa shape index (κ3) is 2.46. The molecule has 1 fully saturated rings. The minimum Gasteiger partial charge on any atom is -0.452 e. The van der Waals surface area contributed by atoms with Crippen molar-refractivity contribution in [3.8, 4) is 6.07 Å². The number of hydrogen-bond donors (Lipinski definition) is 0. The van der Waals surface area contributed by atoms with Gasteiger partial charge in [0.1, 0.15) is 5.41 Å². The van der Waals surface area contributed by atoms with Crippen LogP contribution in [-0.4, -0.2) is 28.9 Å². The molecule has 0 unspecified atom stereocenters. The molecule has 5 nitrogen and oxygen atoms in total. The number of carbonyl (C=O) groups excluding carboxylic acids is 1. The highest BCUT2D eigenvalue weighted by molar-refractivity contribution is 6.32. The van der Waals surface area contributed by atoms with E-state index in [1.54, 1.807) is 17.2 Å². The summed E-state index contributed by atoms with van der Waals surface area (Å²) in [5, 5.41) is 9.72. The van der Waals surface area contributed by atoms with Gasteiger partial charge in [-0.15, -0.1) is 0 Å². The monoisotopic (exact) mass is 315 g/mol. The molecule has 3 heterocycles. The van der Waals surface area contributed by atoms with Gasteiger partial charge >= 0.3 is 0 Å². The Bertz CT molecular complexity index is 712. The van der Waals surface area contributed by atoms with E-state index in [1.165, 1.54) is 6.26 Å². The summed E-state index contributed by atoms with van der Waals surface area (Å²) in [6.07, 6.45) is 4.20. The Hall–Kier alpha value is -2.32. The fourth-order valence-electron chi connectivity index (χ4n) is 2.78. The first-order chi connectivity index (χ1) is 10.7. The molecule has 6 heteroatoms. The zero-order valence-electron chi connectivity index (χ0n) is 11.8. The predicted molar refractivity (Wildman–Crippen MR) is 80.4 cm³/mol. The number of aromatic nitrogens is 1. The van der Waals surface area contributed by atoms with Crippen LogP contribution in [0.5, 0.6) is 0 Å². The van der Waals surface area contributed by atoms with Crippen molar-refractivity contribution >= 4 is 17.5 Å². The normalized spacial score (nSPS) is 17.0. The molecule has 0 aromatic carbocycles. The van der Waals surface area contributed by atoms with Gasteiger partial charge in [0.05, 0.1) is 23.6 Å². The summed E-state index contributed by atoms with van der Waals surface area (Å²) >= 11 is 5.86. The van der Waals surface area contributed by atoms with Gasteiger partial charge in [0.2, 0.25) is 5.22 Å². The first-order valence-electron chi connectivity index (χ1n) is 7.01. The number of pyridine rings is 1. The van der Waals surface area contributed by atoms with Crippen molar-refractivity contribution in [1.82, 2.24) is 9.88 Å². The maximum Gasteiger partial charge on any atom is 0.258 e. The van der Waals surface area contributed by atoms with Crippen molar-refractivity contribution in [2.75, 3.05) is 13.1 Å². The molecular weight excluding hydrogens is 302 g/mol. The van der Waals surface area contributed by atoms with E-state index in [1.807, 2.05) is 18.2 Å². The van der Waals surface area contributed by atoms with Crippen LogP contribution in [0, 0.1) is 11.3 Å². The Kier molecular flexibility index (Phi) is 3.86. The van der Waals surface area contributed by atoms with Crippen molar-refractivity contribution in [2.45, 2.75) is 18.3 Å². The van der Waals surface area contributed by atoms with Crippen LogP contribution in [0.3, 0.4) is 0 Å². The van der Waals surface area contributed by atoms with Gasteiger partial charge in [-0.2, -0.15) is 5.26 Å². The molecule has 1 aliphatic heterocycles. The Balaban J connectivity index is 1.76. The van der Waals surface area contributed by atoms with Gasteiger partial charge in [-0.05, 0) is 42.6 Å². The van der Waals surface area contributed by atoms with E-state index in [2.05, 4.69) is 11.1 Å². The molecule has 0 atom stereocenters. The highest BCUT2D eigenvalue weighted by Gasteiger charge is 2.39. The smallest absolute Gasteiger partial charge is 0.258 e. The molecule has 112 valence electrons. The van der Waals surface area contributed by atoms with Crippen molar-refractivity contribution in [1.29, 1.82) is 5.26 Å². The van der Waals surface area contributed by atoms with Crippen molar-refractivity contribution in [3.05, 3.63) is 53.2 Å². The van der Waals surface area contributed by atoms with Crippen LogP contribution in [-0.2, 0) is 5.41 Å². The molecule has 0 N–H and O–H groups in total. The summed E-state index contributed by atoms with van der Waals surface area (Å²) in [4.78, 5) is 18.4. The van der Waals surface area contributed by atoms with Crippen LogP contribution in [0.2, 0.25) is 5.22 Å². The summed E-state index contributed by atoms with van der Waals surface area (Å²) in [5.41, 5.74) is 0.507. The Morgan fingerprint density at radius 2 is 2.14 bits per heavy atom. The van der Waals surface area contributed by atoms with E-state index in [9.17, 15) is 10.1 Å². The molecule has 2 aromatic heterocycles. The van der Waals surface area contributed by atoms with Crippen molar-refractivity contribution < 1.29 is 9.21 Å². The number of nitrogens with zero attached hydrogens (tertiary/aromatic N) is 3. The topological polar surface area (TPSA) is 70.1 Å². The number of nitriles is 1. The lowest BCUT2D eigenvalue weighted by atomic mass is 9.76. The highest BCUT2D eigenvalue weighted by atomic mass is 35.5. The number of halogens is 1. The van der Waals surface area contributed by atoms with E-state index < -0.39 is 5.41 Å². The molecule has 0 aliphatic carbocycles. The maximum absolute atomic E-state index is 12.4. The second-order valence-electron chi connectivity index (χ2n) is 5.31. The fourth-order valence-corrected chi connectivity index (χ4v) is 2.97. The predicted octanol–water partition coefficient (Wildman–Crippen LogP) is 3.03. The van der Waals surface area contributed by atoms with E-state index in [0.29, 0.717) is 31.5 Å². The summed E-state index contributed by atoms with van der Waals surface area (Å²) in [5.74, 6) is -0.161. The summed E-state index contributed by atoms with van der Waals surface area (Å²) in [7, 11) is 0. The fraction of sp³-hybridized carbons (Fsp3) is 0.312. The van der Waals surface area contributed by atoms with E-state index in [0.717, 1.165) is 5.69 Å². The van der Waals surface area contributed by atoms with E-state index in [-0.39, 0.29) is 11.1 Å². The number of piperidine rings is 1. The van der Waals surface area contributed by atoms with Gasteiger partial charge in [-0.3, -0.25) is 9.78 Å². The summed E-state index contributed by atoms with van der Waals surface area (Å²) in [6.45, 7) is 0.981. The first-order valence-corrected chi connectivity index (χ1v) is 7.39. The summed E-state index contributed by atoms with van der Waals surface area (Å²) < 4.78 is 4.96. The first kappa shape index (κ1) is 14.6. The van der Waals surface area contributed by atoms with Gasteiger partial charge in [0.15, 0.2) is 0 Å². The second kappa shape index (κ2) is 5.82. The molecule has 1 amide bonds. The van der Waals surface area contributed by atoms with E-state index in [4.69, 9.17) is 16.0 Å². The minimum absolute atomic E-state index is 0.104. The average Bonchev–Trinajstić information content (AvgIpc) is 3.01. The lowest BCUT2D eigenvalue weighted by molar-refractivity contribution is 0.0690. The quantitative estimate of drug-likeness (QED) is 0.854. The minimum atomic E-state index is -0.627. The second-order valence-corrected chi connectivity index (χ2v) is 5.65. The lowest BCUT2D eigenvalue weighted by Gasteiger charge is -2.36. The molecule has 2 aromatic rings. The van der Waals surface area contributed by atoms with Gasteiger partial charge in [-0.1, -0.05) is 6.07 Å². The molecule has 0 radical (unpaired) electrons. The number of amides is 1. The Morgan fingerprint density at radius 3 is 2.68 bits per heavy atom. The number of likely N-dealkylation sites (tertiary alicyclic amines) is 1. The zero-order chi connectivity index (χ0) is 15.6.